The minimum absolute atomic E-state index is 0.0845. The number of aryl methyl sites for hydroxylation is 1. The summed E-state index contributed by atoms with van der Waals surface area (Å²) in [4.78, 5) is 0. The Bertz CT molecular complexity index is 367. The zero-order valence-corrected chi connectivity index (χ0v) is 8.77. The summed E-state index contributed by atoms with van der Waals surface area (Å²) in [6, 6.07) is 8.40. The predicted molar refractivity (Wildman–Crippen MR) is 62.9 cm³/mol. The lowest BCUT2D eigenvalue weighted by Crippen LogP contribution is -2.32. The van der Waals surface area contributed by atoms with Crippen LogP contribution in [-0.4, -0.2) is 11.5 Å². The van der Waals surface area contributed by atoms with Crippen LogP contribution in [0.2, 0.25) is 0 Å². The maximum absolute atomic E-state index is 4.85. The summed E-state index contributed by atoms with van der Waals surface area (Å²) in [7, 11) is 0. The highest BCUT2D eigenvalue weighted by Gasteiger charge is 2.12. The fraction of sp³-hybridized carbons (Fsp3) is 0.182. The SMILES string of the molecule is Cc1ccc(C2=CNC(C=S)N2)cc1. The Labute approximate surface area is 89.0 Å². The first-order valence-corrected chi connectivity index (χ1v) is 5.02. The zero-order valence-electron chi connectivity index (χ0n) is 7.95. The first kappa shape index (κ1) is 9.21. The van der Waals surface area contributed by atoms with E-state index in [1.165, 1.54) is 11.1 Å². The number of benzene rings is 1. The molecule has 0 aromatic heterocycles. The van der Waals surface area contributed by atoms with E-state index in [0.29, 0.717) is 0 Å². The molecule has 0 saturated carbocycles. The highest BCUT2D eigenvalue weighted by atomic mass is 32.1. The van der Waals surface area contributed by atoms with E-state index in [2.05, 4.69) is 41.8 Å². The van der Waals surface area contributed by atoms with Crippen LogP contribution in [0.25, 0.3) is 5.70 Å². The average Bonchev–Trinajstić information content (AvgIpc) is 2.67. The maximum Gasteiger partial charge on any atom is 0.126 e. The van der Waals surface area contributed by atoms with Crippen molar-refractivity contribution in [2.45, 2.75) is 13.1 Å². The van der Waals surface area contributed by atoms with Gasteiger partial charge in [-0.1, -0.05) is 42.0 Å². The van der Waals surface area contributed by atoms with Gasteiger partial charge < -0.3 is 10.6 Å². The first-order chi connectivity index (χ1) is 6.79. The van der Waals surface area contributed by atoms with E-state index in [-0.39, 0.29) is 6.17 Å². The van der Waals surface area contributed by atoms with Crippen LogP contribution in [0, 0.1) is 6.92 Å². The smallest absolute Gasteiger partial charge is 0.126 e. The van der Waals surface area contributed by atoms with Crippen LogP contribution in [0.1, 0.15) is 11.1 Å². The maximum atomic E-state index is 4.85. The second-order valence-corrected chi connectivity index (χ2v) is 3.62. The number of hydrogen-bond acceptors (Lipinski definition) is 3. The molecule has 1 unspecified atom stereocenters. The molecule has 0 bridgehead atoms. The van der Waals surface area contributed by atoms with Crippen LogP contribution >= 0.6 is 12.2 Å². The molecule has 0 spiro atoms. The summed E-state index contributed by atoms with van der Waals surface area (Å²) in [5, 5.41) is 8.08. The lowest BCUT2D eigenvalue weighted by Gasteiger charge is -2.08. The Morgan fingerprint density at radius 2 is 2.00 bits per heavy atom. The molecule has 3 heteroatoms. The highest BCUT2D eigenvalue weighted by molar-refractivity contribution is 7.79. The van der Waals surface area contributed by atoms with Crippen molar-refractivity contribution in [3.05, 3.63) is 41.6 Å². The second kappa shape index (κ2) is 3.80. The number of nitrogens with one attached hydrogen (secondary N) is 2. The van der Waals surface area contributed by atoms with Gasteiger partial charge in [-0.05, 0) is 12.5 Å². The van der Waals surface area contributed by atoms with Crippen LogP contribution in [0.15, 0.2) is 30.5 Å². The summed E-state index contributed by atoms with van der Waals surface area (Å²) in [5.41, 5.74) is 3.55. The molecule has 2 N–H and O–H groups in total. The Morgan fingerprint density at radius 1 is 1.29 bits per heavy atom. The normalized spacial score (nSPS) is 19.5. The van der Waals surface area contributed by atoms with Gasteiger partial charge in [-0.15, -0.1) is 0 Å². The fourth-order valence-corrected chi connectivity index (χ4v) is 1.54. The van der Waals surface area contributed by atoms with Crippen molar-refractivity contribution in [3.8, 4) is 0 Å². The zero-order chi connectivity index (χ0) is 9.97. The standard InChI is InChI=1S/C11H12N2S/c1-8-2-4-9(5-3-8)10-6-12-11(7-14)13-10/h2-7,11-13H,1H3. The molecular formula is C11H12N2S. The summed E-state index contributed by atoms with van der Waals surface area (Å²) in [6.45, 7) is 2.08. The Kier molecular flexibility index (Phi) is 2.50. The number of hydrogen-bond donors (Lipinski definition) is 2. The topological polar surface area (TPSA) is 24.1 Å². The van der Waals surface area contributed by atoms with Gasteiger partial charge in [0.15, 0.2) is 0 Å². The van der Waals surface area contributed by atoms with Crippen molar-refractivity contribution in [1.82, 2.24) is 10.6 Å². The van der Waals surface area contributed by atoms with Gasteiger partial charge in [-0.25, -0.2) is 0 Å². The molecule has 1 aliphatic rings. The molecule has 14 heavy (non-hydrogen) atoms. The Hall–Kier alpha value is -1.35. The first-order valence-electron chi connectivity index (χ1n) is 4.55. The molecule has 0 saturated heterocycles. The molecule has 0 radical (unpaired) electrons. The minimum Gasteiger partial charge on any atom is -0.366 e. The van der Waals surface area contributed by atoms with Crippen molar-refractivity contribution in [3.63, 3.8) is 0 Å². The van der Waals surface area contributed by atoms with Crippen LogP contribution < -0.4 is 10.6 Å². The summed E-state index contributed by atoms with van der Waals surface area (Å²) >= 11 is 4.85. The van der Waals surface area contributed by atoms with Crippen LogP contribution in [0.3, 0.4) is 0 Å². The third kappa shape index (κ3) is 1.77. The van der Waals surface area contributed by atoms with Crippen molar-refractivity contribution in [2.24, 2.45) is 0 Å². The van der Waals surface area contributed by atoms with E-state index < -0.39 is 0 Å². The average molecular weight is 204 g/mol. The van der Waals surface area contributed by atoms with Gasteiger partial charge in [0, 0.05) is 11.6 Å². The number of thiocarbonyl (C=S) groups is 1. The molecular weight excluding hydrogens is 192 g/mol. The van der Waals surface area contributed by atoms with Crippen molar-refractivity contribution in [1.29, 1.82) is 0 Å². The second-order valence-electron chi connectivity index (χ2n) is 3.35. The van der Waals surface area contributed by atoms with Crippen molar-refractivity contribution in [2.75, 3.05) is 0 Å². The molecule has 1 aromatic rings. The number of rotatable bonds is 2. The fourth-order valence-electron chi connectivity index (χ4n) is 1.40. The minimum atomic E-state index is 0.0845. The monoisotopic (exact) mass is 204 g/mol. The van der Waals surface area contributed by atoms with Gasteiger partial charge >= 0.3 is 0 Å². The molecule has 0 amide bonds. The van der Waals surface area contributed by atoms with Gasteiger partial charge in [0.05, 0.1) is 5.70 Å². The van der Waals surface area contributed by atoms with E-state index in [9.17, 15) is 0 Å². The lowest BCUT2D eigenvalue weighted by molar-refractivity contribution is 0.750. The molecule has 1 aliphatic heterocycles. The van der Waals surface area contributed by atoms with Crippen molar-refractivity contribution < 1.29 is 0 Å². The van der Waals surface area contributed by atoms with Crippen LogP contribution in [0.5, 0.6) is 0 Å². The third-order valence-electron chi connectivity index (χ3n) is 2.22. The van der Waals surface area contributed by atoms with Crippen molar-refractivity contribution >= 4 is 23.3 Å². The van der Waals surface area contributed by atoms with Gasteiger partial charge in [-0.3, -0.25) is 0 Å². The molecule has 0 fully saturated rings. The highest BCUT2D eigenvalue weighted by Crippen LogP contribution is 2.14. The largest absolute Gasteiger partial charge is 0.366 e. The van der Waals surface area contributed by atoms with Gasteiger partial charge in [0.25, 0.3) is 0 Å². The van der Waals surface area contributed by atoms with E-state index >= 15 is 0 Å². The van der Waals surface area contributed by atoms with Gasteiger partial charge in [0.1, 0.15) is 6.17 Å². The quantitative estimate of drug-likeness (QED) is 0.718. The van der Waals surface area contributed by atoms with E-state index in [0.717, 1.165) is 5.70 Å². The lowest BCUT2D eigenvalue weighted by atomic mass is 10.1. The summed E-state index contributed by atoms with van der Waals surface area (Å²) in [6.07, 6.45) is 2.04. The predicted octanol–water partition coefficient (Wildman–Crippen LogP) is 1.81. The molecule has 2 rings (SSSR count). The van der Waals surface area contributed by atoms with E-state index in [4.69, 9.17) is 12.2 Å². The van der Waals surface area contributed by atoms with E-state index in [1.807, 2.05) is 6.20 Å². The third-order valence-corrected chi connectivity index (χ3v) is 2.49. The van der Waals surface area contributed by atoms with E-state index in [1.54, 1.807) is 5.37 Å². The van der Waals surface area contributed by atoms with Gasteiger partial charge in [0.2, 0.25) is 0 Å². The molecule has 1 atom stereocenters. The van der Waals surface area contributed by atoms with Crippen LogP contribution in [-0.2, 0) is 0 Å². The van der Waals surface area contributed by atoms with Gasteiger partial charge in [-0.2, -0.15) is 0 Å². The molecule has 2 nitrogen and oxygen atoms in total. The summed E-state index contributed by atoms with van der Waals surface area (Å²) in [5.74, 6) is 0. The molecule has 72 valence electrons. The molecule has 1 heterocycles. The molecule has 0 aliphatic carbocycles. The summed E-state index contributed by atoms with van der Waals surface area (Å²) < 4.78 is 0. The molecule has 1 aromatic carbocycles. The Balaban J connectivity index is 2.17. The van der Waals surface area contributed by atoms with Crippen LogP contribution in [0.4, 0.5) is 0 Å². The Morgan fingerprint density at radius 3 is 2.57 bits per heavy atom.